The van der Waals surface area contributed by atoms with E-state index in [-0.39, 0.29) is 11.3 Å². The summed E-state index contributed by atoms with van der Waals surface area (Å²) in [6.45, 7) is 1.66. The molecule has 0 atom stereocenters. The molecule has 0 bridgehead atoms. The lowest BCUT2D eigenvalue weighted by atomic mass is 10.1. The molecule has 3 aromatic rings. The zero-order valence-corrected chi connectivity index (χ0v) is 16.9. The van der Waals surface area contributed by atoms with Crippen molar-refractivity contribution >= 4 is 35.1 Å². The smallest absolute Gasteiger partial charge is 0.338 e. The number of esters is 1. The van der Waals surface area contributed by atoms with Gasteiger partial charge in [-0.1, -0.05) is 29.8 Å². The Hall–Kier alpha value is -3.58. The van der Waals surface area contributed by atoms with Gasteiger partial charge >= 0.3 is 5.97 Å². The van der Waals surface area contributed by atoms with Gasteiger partial charge in [0.2, 0.25) is 0 Å². The highest BCUT2D eigenvalue weighted by Crippen LogP contribution is 2.19. The van der Waals surface area contributed by atoms with Crippen LogP contribution >= 0.6 is 11.6 Å². The number of benzene rings is 2. The number of ether oxygens (including phenoxy) is 1. The fourth-order valence-electron chi connectivity index (χ4n) is 2.54. The van der Waals surface area contributed by atoms with Gasteiger partial charge < -0.3 is 19.8 Å². The number of hydrogen-bond donors (Lipinski definition) is 2. The van der Waals surface area contributed by atoms with Crippen LogP contribution in [0.15, 0.2) is 65.3 Å². The first-order valence-electron chi connectivity index (χ1n) is 9.06. The average Bonchev–Trinajstić information content (AvgIpc) is 3.28. The topological polar surface area (TPSA) is 97.6 Å². The summed E-state index contributed by atoms with van der Waals surface area (Å²) in [5, 5.41) is 5.95. The molecule has 154 valence electrons. The number of anilines is 1. The van der Waals surface area contributed by atoms with Crippen molar-refractivity contribution in [3.05, 3.63) is 88.3 Å². The number of furan rings is 1. The minimum atomic E-state index is -0.676. The molecule has 0 aliphatic heterocycles. The molecule has 30 heavy (non-hydrogen) atoms. The summed E-state index contributed by atoms with van der Waals surface area (Å²) in [6, 6.07) is 14.9. The van der Waals surface area contributed by atoms with Crippen LogP contribution in [0.25, 0.3) is 0 Å². The van der Waals surface area contributed by atoms with Crippen molar-refractivity contribution in [1.29, 1.82) is 0 Å². The highest BCUT2D eigenvalue weighted by molar-refractivity contribution is 6.30. The Bertz CT molecular complexity index is 1050. The van der Waals surface area contributed by atoms with Gasteiger partial charge in [-0.25, -0.2) is 4.79 Å². The van der Waals surface area contributed by atoms with E-state index >= 15 is 0 Å². The van der Waals surface area contributed by atoms with Gasteiger partial charge in [-0.05, 0) is 54.4 Å². The Labute approximate surface area is 178 Å². The van der Waals surface area contributed by atoms with E-state index in [1.54, 1.807) is 49.4 Å². The quantitative estimate of drug-likeness (QED) is 0.557. The van der Waals surface area contributed by atoms with E-state index in [4.69, 9.17) is 20.8 Å². The molecule has 0 spiro atoms. The Morgan fingerprint density at radius 1 is 1.07 bits per heavy atom. The summed E-state index contributed by atoms with van der Waals surface area (Å²) in [4.78, 5) is 36.4. The largest absolute Gasteiger partial charge is 0.459 e. The highest BCUT2D eigenvalue weighted by Gasteiger charge is 2.15. The fraction of sp³-hybridized carbons (Fsp3) is 0.136. The summed E-state index contributed by atoms with van der Waals surface area (Å²) in [6.07, 6.45) is 1.40. The van der Waals surface area contributed by atoms with Crippen LogP contribution in [0.5, 0.6) is 0 Å². The highest BCUT2D eigenvalue weighted by atomic mass is 35.5. The van der Waals surface area contributed by atoms with Crippen molar-refractivity contribution in [3.63, 3.8) is 0 Å². The zero-order chi connectivity index (χ0) is 21.5. The summed E-state index contributed by atoms with van der Waals surface area (Å²) in [5.41, 5.74) is 2.28. The molecule has 2 aromatic carbocycles. The van der Waals surface area contributed by atoms with E-state index in [1.165, 1.54) is 18.4 Å². The molecule has 0 aliphatic carbocycles. The van der Waals surface area contributed by atoms with Crippen LogP contribution in [0.3, 0.4) is 0 Å². The van der Waals surface area contributed by atoms with Gasteiger partial charge in [-0.2, -0.15) is 0 Å². The van der Waals surface area contributed by atoms with E-state index in [9.17, 15) is 14.4 Å². The molecule has 0 saturated heterocycles. The van der Waals surface area contributed by atoms with Crippen LogP contribution in [0.4, 0.5) is 5.69 Å². The molecule has 3 rings (SSSR count). The second-order valence-electron chi connectivity index (χ2n) is 6.44. The van der Waals surface area contributed by atoms with Crippen molar-refractivity contribution in [1.82, 2.24) is 5.32 Å². The van der Waals surface area contributed by atoms with Gasteiger partial charge in [-0.3, -0.25) is 9.59 Å². The van der Waals surface area contributed by atoms with Gasteiger partial charge in [-0.15, -0.1) is 0 Å². The first kappa shape index (κ1) is 21.1. The van der Waals surface area contributed by atoms with Crippen molar-refractivity contribution in [2.24, 2.45) is 0 Å². The first-order valence-corrected chi connectivity index (χ1v) is 9.44. The van der Waals surface area contributed by atoms with E-state index < -0.39 is 24.4 Å². The van der Waals surface area contributed by atoms with Crippen LogP contribution in [-0.4, -0.2) is 24.4 Å². The van der Waals surface area contributed by atoms with Crippen LogP contribution in [0.1, 0.15) is 32.0 Å². The summed E-state index contributed by atoms with van der Waals surface area (Å²) in [7, 11) is 0. The number of aryl methyl sites for hydroxylation is 1. The lowest BCUT2D eigenvalue weighted by molar-refractivity contribution is -0.124. The molecule has 7 nitrogen and oxygen atoms in total. The molecule has 0 aliphatic rings. The van der Waals surface area contributed by atoms with Crippen LogP contribution in [0.2, 0.25) is 5.02 Å². The molecule has 1 aromatic heterocycles. The second kappa shape index (κ2) is 9.76. The Morgan fingerprint density at radius 2 is 1.83 bits per heavy atom. The number of nitrogens with one attached hydrogen (secondary N) is 2. The van der Waals surface area contributed by atoms with Gasteiger partial charge in [0, 0.05) is 17.3 Å². The minimum Gasteiger partial charge on any atom is -0.459 e. The Kier molecular flexibility index (Phi) is 6.87. The second-order valence-corrected chi connectivity index (χ2v) is 6.88. The number of amides is 2. The average molecular weight is 427 g/mol. The number of hydrogen-bond acceptors (Lipinski definition) is 5. The summed E-state index contributed by atoms with van der Waals surface area (Å²) < 4.78 is 10.1. The monoisotopic (exact) mass is 426 g/mol. The Morgan fingerprint density at radius 3 is 2.53 bits per heavy atom. The lowest BCUT2D eigenvalue weighted by Crippen LogP contribution is -2.28. The maximum Gasteiger partial charge on any atom is 0.338 e. The minimum absolute atomic E-state index is 0.153. The maximum absolute atomic E-state index is 12.3. The molecular formula is C22H19ClN2O5. The van der Waals surface area contributed by atoms with Crippen molar-refractivity contribution in [3.8, 4) is 0 Å². The standard InChI is InChI=1S/C22H19ClN2O5/c1-14-4-7-16(11-18(14)25-21(27)19-3-2-10-29-19)22(28)30-13-20(26)24-12-15-5-8-17(23)9-6-15/h2-11H,12-13H2,1H3,(H,24,26)(H,25,27). The molecule has 2 N–H and O–H groups in total. The van der Waals surface area contributed by atoms with E-state index in [0.29, 0.717) is 17.3 Å². The number of carbonyl (C=O) groups is 3. The van der Waals surface area contributed by atoms with Crippen LogP contribution in [-0.2, 0) is 16.1 Å². The van der Waals surface area contributed by atoms with Crippen molar-refractivity contribution in [2.45, 2.75) is 13.5 Å². The molecule has 0 unspecified atom stereocenters. The number of carbonyl (C=O) groups excluding carboxylic acids is 3. The third-order valence-electron chi connectivity index (χ3n) is 4.20. The molecule has 8 heteroatoms. The summed E-state index contributed by atoms with van der Waals surface area (Å²) >= 11 is 5.82. The SMILES string of the molecule is Cc1ccc(C(=O)OCC(=O)NCc2ccc(Cl)cc2)cc1NC(=O)c1ccco1. The molecule has 0 fully saturated rings. The normalized spacial score (nSPS) is 10.3. The van der Waals surface area contributed by atoms with Crippen molar-refractivity contribution in [2.75, 3.05) is 11.9 Å². The molecule has 0 radical (unpaired) electrons. The predicted octanol–water partition coefficient (Wildman–Crippen LogP) is 3.97. The molecule has 2 amide bonds. The van der Waals surface area contributed by atoms with E-state index in [1.807, 2.05) is 0 Å². The third-order valence-corrected chi connectivity index (χ3v) is 4.46. The van der Waals surface area contributed by atoms with Crippen molar-refractivity contribution < 1.29 is 23.5 Å². The first-order chi connectivity index (χ1) is 14.4. The third kappa shape index (κ3) is 5.71. The van der Waals surface area contributed by atoms with Gasteiger partial charge in [0.05, 0.1) is 11.8 Å². The number of halogens is 1. The summed E-state index contributed by atoms with van der Waals surface area (Å²) in [5.74, 6) is -1.39. The fourth-order valence-corrected chi connectivity index (χ4v) is 2.67. The lowest BCUT2D eigenvalue weighted by Gasteiger charge is -2.10. The van der Waals surface area contributed by atoms with Gasteiger partial charge in [0.1, 0.15) is 0 Å². The number of rotatable bonds is 7. The predicted molar refractivity (Wildman–Crippen MR) is 111 cm³/mol. The Balaban J connectivity index is 1.54. The van der Waals surface area contributed by atoms with Gasteiger partial charge in [0.15, 0.2) is 12.4 Å². The molecule has 0 saturated carbocycles. The van der Waals surface area contributed by atoms with Gasteiger partial charge in [0.25, 0.3) is 11.8 Å². The zero-order valence-electron chi connectivity index (χ0n) is 16.1. The van der Waals surface area contributed by atoms with E-state index in [2.05, 4.69) is 10.6 Å². The molecule has 1 heterocycles. The van der Waals surface area contributed by atoms with Crippen LogP contribution in [0, 0.1) is 6.92 Å². The van der Waals surface area contributed by atoms with Crippen LogP contribution < -0.4 is 10.6 Å². The van der Waals surface area contributed by atoms with E-state index in [0.717, 1.165) is 11.1 Å². The molecular weight excluding hydrogens is 408 g/mol. The maximum atomic E-state index is 12.3.